The van der Waals surface area contributed by atoms with E-state index in [4.69, 9.17) is 16.3 Å². The number of ether oxygens (including phenoxy) is 1. The van der Waals surface area contributed by atoms with Crippen LogP contribution in [0.3, 0.4) is 0 Å². The standard InChI is InChI=1S/C14H12ClFN2O2/c1-9(20-12-5-3-2-4-11(12)16)14(19)18-13-7-6-10(15)8-17-13/h2-9H,1H3,(H,17,18,19)/t9-/m1/s1. The Kier molecular flexibility index (Phi) is 4.53. The second-order valence-electron chi connectivity index (χ2n) is 4.04. The molecule has 0 saturated heterocycles. The van der Waals surface area contributed by atoms with E-state index in [1.54, 1.807) is 24.3 Å². The number of halogens is 2. The summed E-state index contributed by atoms with van der Waals surface area (Å²) in [6.07, 6.45) is 0.559. The summed E-state index contributed by atoms with van der Waals surface area (Å²) in [5.74, 6) is -0.567. The molecule has 1 aromatic heterocycles. The lowest BCUT2D eigenvalue weighted by Gasteiger charge is -2.14. The first kappa shape index (κ1) is 14.3. The molecule has 0 spiro atoms. The number of carbonyl (C=O) groups is 1. The molecule has 0 bridgehead atoms. The summed E-state index contributed by atoms with van der Waals surface area (Å²) in [6.45, 7) is 1.53. The number of hydrogen-bond donors (Lipinski definition) is 1. The van der Waals surface area contributed by atoms with Crippen molar-refractivity contribution < 1.29 is 13.9 Å². The highest BCUT2D eigenvalue weighted by atomic mass is 35.5. The molecule has 2 aromatic rings. The molecule has 0 aliphatic rings. The van der Waals surface area contributed by atoms with Gasteiger partial charge in [-0.1, -0.05) is 23.7 Å². The van der Waals surface area contributed by atoms with Crippen LogP contribution >= 0.6 is 11.6 Å². The van der Waals surface area contributed by atoms with Gasteiger partial charge in [-0.25, -0.2) is 9.37 Å². The third-order valence-electron chi connectivity index (χ3n) is 2.49. The fraction of sp³-hybridized carbons (Fsp3) is 0.143. The van der Waals surface area contributed by atoms with Gasteiger partial charge in [0.25, 0.3) is 5.91 Å². The zero-order valence-corrected chi connectivity index (χ0v) is 11.4. The molecule has 104 valence electrons. The van der Waals surface area contributed by atoms with E-state index in [9.17, 15) is 9.18 Å². The van der Waals surface area contributed by atoms with Crippen molar-refractivity contribution in [3.8, 4) is 5.75 Å². The fourth-order valence-corrected chi connectivity index (χ4v) is 1.57. The third-order valence-corrected chi connectivity index (χ3v) is 2.71. The van der Waals surface area contributed by atoms with Crippen LogP contribution in [0, 0.1) is 5.82 Å². The number of anilines is 1. The number of amides is 1. The van der Waals surface area contributed by atoms with Crippen molar-refractivity contribution in [2.75, 3.05) is 5.32 Å². The Morgan fingerprint density at radius 2 is 2.10 bits per heavy atom. The number of hydrogen-bond acceptors (Lipinski definition) is 3. The van der Waals surface area contributed by atoms with Crippen molar-refractivity contribution in [3.63, 3.8) is 0 Å². The highest BCUT2D eigenvalue weighted by molar-refractivity contribution is 6.30. The van der Waals surface area contributed by atoms with Crippen molar-refractivity contribution in [1.29, 1.82) is 0 Å². The number of benzene rings is 1. The van der Waals surface area contributed by atoms with Gasteiger partial charge in [-0.05, 0) is 31.2 Å². The zero-order chi connectivity index (χ0) is 14.5. The van der Waals surface area contributed by atoms with Gasteiger partial charge >= 0.3 is 0 Å². The maximum Gasteiger partial charge on any atom is 0.266 e. The number of pyridine rings is 1. The van der Waals surface area contributed by atoms with Crippen LogP contribution in [0.1, 0.15) is 6.92 Å². The Morgan fingerprint density at radius 1 is 1.35 bits per heavy atom. The van der Waals surface area contributed by atoms with Gasteiger partial charge in [-0.3, -0.25) is 4.79 Å². The minimum Gasteiger partial charge on any atom is -0.478 e. The number of nitrogens with zero attached hydrogens (tertiary/aromatic N) is 1. The van der Waals surface area contributed by atoms with E-state index in [0.717, 1.165) is 0 Å². The van der Waals surface area contributed by atoms with Crippen LogP contribution in [0.25, 0.3) is 0 Å². The quantitative estimate of drug-likeness (QED) is 0.941. The first-order chi connectivity index (χ1) is 9.56. The van der Waals surface area contributed by atoms with Crippen molar-refractivity contribution in [2.24, 2.45) is 0 Å². The second kappa shape index (κ2) is 6.34. The van der Waals surface area contributed by atoms with Gasteiger partial charge in [0, 0.05) is 6.20 Å². The summed E-state index contributed by atoms with van der Waals surface area (Å²) in [5, 5.41) is 3.02. The summed E-state index contributed by atoms with van der Waals surface area (Å²) >= 11 is 5.69. The molecule has 0 fully saturated rings. The Labute approximate surface area is 120 Å². The average Bonchev–Trinajstić information content (AvgIpc) is 2.44. The van der Waals surface area contributed by atoms with Crippen LogP contribution in [-0.4, -0.2) is 17.0 Å². The van der Waals surface area contributed by atoms with Crippen LogP contribution in [0.4, 0.5) is 10.2 Å². The molecular formula is C14H12ClFN2O2. The molecule has 4 nitrogen and oxygen atoms in total. The van der Waals surface area contributed by atoms with Gasteiger partial charge in [-0.2, -0.15) is 0 Å². The van der Waals surface area contributed by atoms with Crippen molar-refractivity contribution >= 4 is 23.3 Å². The van der Waals surface area contributed by atoms with Gasteiger partial charge in [0.2, 0.25) is 0 Å². The molecule has 1 N–H and O–H groups in total. The Morgan fingerprint density at radius 3 is 2.75 bits per heavy atom. The second-order valence-corrected chi connectivity index (χ2v) is 4.48. The molecule has 20 heavy (non-hydrogen) atoms. The van der Waals surface area contributed by atoms with Crippen LogP contribution in [0.2, 0.25) is 5.02 Å². The minimum atomic E-state index is -0.857. The number of aromatic nitrogens is 1. The molecule has 1 heterocycles. The molecule has 6 heteroatoms. The largest absolute Gasteiger partial charge is 0.478 e. The Hall–Kier alpha value is -2.14. The van der Waals surface area contributed by atoms with Crippen molar-refractivity contribution in [3.05, 3.63) is 53.4 Å². The zero-order valence-electron chi connectivity index (χ0n) is 10.6. The fourth-order valence-electron chi connectivity index (χ4n) is 1.46. The number of nitrogens with one attached hydrogen (secondary N) is 1. The number of para-hydroxylation sites is 1. The molecule has 0 saturated carbocycles. The molecule has 2 rings (SSSR count). The third kappa shape index (κ3) is 3.68. The molecule has 1 aromatic carbocycles. The predicted octanol–water partition coefficient (Wildman–Crippen LogP) is 3.28. The Bertz CT molecular complexity index is 604. The SMILES string of the molecule is C[C@@H](Oc1ccccc1F)C(=O)Nc1ccc(Cl)cn1. The van der Waals surface area contributed by atoms with Crippen molar-refractivity contribution in [2.45, 2.75) is 13.0 Å². The molecule has 0 aliphatic carbocycles. The summed E-state index contributed by atoms with van der Waals surface area (Å²) < 4.78 is 18.7. The van der Waals surface area contributed by atoms with E-state index in [1.165, 1.54) is 25.3 Å². The molecular weight excluding hydrogens is 283 g/mol. The number of rotatable bonds is 4. The van der Waals surface area contributed by atoms with Gasteiger partial charge in [0.1, 0.15) is 5.82 Å². The predicted molar refractivity (Wildman–Crippen MR) is 74.4 cm³/mol. The molecule has 0 unspecified atom stereocenters. The van der Waals surface area contributed by atoms with Gasteiger partial charge < -0.3 is 10.1 Å². The van der Waals surface area contributed by atoms with Gasteiger partial charge in [0.15, 0.2) is 17.7 Å². The first-order valence-corrected chi connectivity index (χ1v) is 6.27. The van der Waals surface area contributed by atoms with E-state index in [2.05, 4.69) is 10.3 Å². The molecule has 1 amide bonds. The van der Waals surface area contributed by atoms with E-state index in [0.29, 0.717) is 10.8 Å². The normalized spacial score (nSPS) is 11.8. The Balaban J connectivity index is 1.99. The number of carbonyl (C=O) groups excluding carboxylic acids is 1. The van der Waals surface area contributed by atoms with Crippen molar-refractivity contribution in [1.82, 2.24) is 4.98 Å². The maximum atomic E-state index is 13.4. The monoisotopic (exact) mass is 294 g/mol. The van der Waals surface area contributed by atoms with Gasteiger partial charge in [0.05, 0.1) is 5.02 Å². The highest BCUT2D eigenvalue weighted by Gasteiger charge is 2.16. The van der Waals surface area contributed by atoms with Crippen LogP contribution < -0.4 is 10.1 Å². The van der Waals surface area contributed by atoms with Crippen LogP contribution in [-0.2, 0) is 4.79 Å². The lowest BCUT2D eigenvalue weighted by molar-refractivity contribution is -0.122. The van der Waals surface area contributed by atoms with E-state index >= 15 is 0 Å². The average molecular weight is 295 g/mol. The van der Waals surface area contributed by atoms with Crippen LogP contribution in [0.15, 0.2) is 42.6 Å². The summed E-state index contributed by atoms with van der Waals surface area (Å²) in [4.78, 5) is 15.8. The van der Waals surface area contributed by atoms with Crippen LogP contribution in [0.5, 0.6) is 5.75 Å². The van der Waals surface area contributed by atoms with E-state index in [1.807, 2.05) is 0 Å². The van der Waals surface area contributed by atoms with Gasteiger partial charge in [-0.15, -0.1) is 0 Å². The summed E-state index contributed by atoms with van der Waals surface area (Å²) in [6, 6.07) is 9.07. The summed E-state index contributed by atoms with van der Waals surface area (Å²) in [5.41, 5.74) is 0. The molecule has 0 radical (unpaired) electrons. The smallest absolute Gasteiger partial charge is 0.266 e. The minimum absolute atomic E-state index is 0.0271. The lowest BCUT2D eigenvalue weighted by atomic mass is 10.3. The molecule has 0 aliphatic heterocycles. The van der Waals surface area contributed by atoms with E-state index < -0.39 is 17.8 Å². The lowest BCUT2D eigenvalue weighted by Crippen LogP contribution is -2.30. The summed E-state index contributed by atoms with van der Waals surface area (Å²) in [7, 11) is 0. The van der Waals surface area contributed by atoms with E-state index in [-0.39, 0.29) is 5.75 Å². The highest BCUT2D eigenvalue weighted by Crippen LogP contribution is 2.17. The topological polar surface area (TPSA) is 51.2 Å². The maximum absolute atomic E-state index is 13.4. The first-order valence-electron chi connectivity index (χ1n) is 5.90. The molecule has 1 atom stereocenters.